The van der Waals surface area contributed by atoms with E-state index in [-0.39, 0.29) is 18.2 Å². The molecule has 2 fully saturated rings. The molecule has 0 N–H and O–H groups in total. The van der Waals surface area contributed by atoms with Crippen molar-refractivity contribution < 1.29 is 14.3 Å². The number of aromatic nitrogens is 1. The van der Waals surface area contributed by atoms with Crippen molar-refractivity contribution in [3.05, 3.63) is 24.5 Å². The molecule has 1 amide bonds. The number of hydrogen-bond acceptors (Lipinski definition) is 4. The Morgan fingerprint density at radius 1 is 1.29 bits per heavy atom. The Hall–Kier alpha value is -1.78. The summed E-state index contributed by atoms with van der Waals surface area (Å²) in [7, 11) is 0. The van der Waals surface area contributed by atoms with Crippen LogP contribution in [0.3, 0.4) is 0 Å². The fraction of sp³-hybridized carbons (Fsp3) is 0.625. The lowest BCUT2D eigenvalue weighted by molar-refractivity contribution is 0.0105. The fourth-order valence-electron chi connectivity index (χ4n) is 3.19. The van der Waals surface area contributed by atoms with Gasteiger partial charge in [-0.05, 0) is 39.3 Å². The minimum absolute atomic E-state index is 0.191. The number of nitrogens with zero attached hydrogens (tertiary/aromatic N) is 2. The van der Waals surface area contributed by atoms with Gasteiger partial charge in [-0.25, -0.2) is 4.79 Å². The van der Waals surface area contributed by atoms with E-state index < -0.39 is 5.60 Å². The third-order valence-electron chi connectivity index (χ3n) is 4.04. The molecular weight excluding hydrogens is 268 g/mol. The van der Waals surface area contributed by atoms with Gasteiger partial charge in [-0.15, -0.1) is 0 Å². The van der Waals surface area contributed by atoms with Crippen molar-refractivity contribution in [3.63, 3.8) is 0 Å². The number of rotatable bonds is 2. The number of carbonyl (C=O) groups excluding carboxylic acids is 1. The summed E-state index contributed by atoms with van der Waals surface area (Å²) in [6, 6.07) is 3.99. The first kappa shape index (κ1) is 14.2. The van der Waals surface area contributed by atoms with E-state index in [2.05, 4.69) is 4.98 Å². The summed E-state index contributed by atoms with van der Waals surface area (Å²) in [6.45, 7) is 6.42. The van der Waals surface area contributed by atoms with Crippen LogP contribution in [0.25, 0.3) is 0 Å². The Labute approximate surface area is 125 Å². The summed E-state index contributed by atoms with van der Waals surface area (Å²) in [6.07, 6.45) is 5.35. The summed E-state index contributed by atoms with van der Waals surface area (Å²) in [5, 5.41) is 0. The summed E-state index contributed by atoms with van der Waals surface area (Å²) >= 11 is 0. The van der Waals surface area contributed by atoms with Crippen LogP contribution in [0.4, 0.5) is 4.79 Å². The first-order chi connectivity index (χ1) is 9.92. The molecule has 1 aliphatic carbocycles. The van der Waals surface area contributed by atoms with Crippen LogP contribution in [0.2, 0.25) is 0 Å². The highest BCUT2D eigenvalue weighted by molar-refractivity contribution is 5.69. The zero-order chi connectivity index (χ0) is 15.0. The van der Waals surface area contributed by atoms with E-state index in [1.54, 1.807) is 12.4 Å². The second-order valence-corrected chi connectivity index (χ2v) is 6.86. The van der Waals surface area contributed by atoms with Crippen LogP contribution in [0.15, 0.2) is 24.5 Å². The highest BCUT2D eigenvalue weighted by Gasteiger charge is 2.48. The predicted molar refractivity (Wildman–Crippen MR) is 78.1 cm³/mol. The number of amides is 1. The lowest BCUT2D eigenvalue weighted by Gasteiger charge is -2.33. The molecule has 1 saturated heterocycles. The van der Waals surface area contributed by atoms with Crippen LogP contribution >= 0.6 is 0 Å². The van der Waals surface area contributed by atoms with Gasteiger partial charge in [-0.2, -0.15) is 0 Å². The van der Waals surface area contributed by atoms with Gasteiger partial charge in [0.05, 0.1) is 0 Å². The number of fused-ring (bicyclic) bond motifs is 2. The van der Waals surface area contributed by atoms with E-state index in [4.69, 9.17) is 9.47 Å². The average molecular weight is 290 g/mol. The number of likely N-dealkylation sites (tertiary alicyclic amines) is 1. The van der Waals surface area contributed by atoms with E-state index in [1.165, 1.54) is 0 Å². The topological polar surface area (TPSA) is 51.7 Å². The normalized spacial score (nSPS) is 27.8. The van der Waals surface area contributed by atoms with Gasteiger partial charge in [0.1, 0.15) is 17.5 Å². The molecule has 0 spiro atoms. The number of pyridine rings is 1. The molecule has 3 unspecified atom stereocenters. The highest BCUT2D eigenvalue weighted by Crippen LogP contribution is 2.40. The van der Waals surface area contributed by atoms with Crippen molar-refractivity contribution in [2.45, 2.75) is 51.4 Å². The van der Waals surface area contributed by atoms with Gasteiger partial charge in [-0.1, -0.05) is 0 Å². The number of carbonyl (C=O) groups is 1. The summed E-state index contributed by atoms with van der Waals surface area (Å²) in [5.41, 5.74) is -0.439. The van der Waals surface area contributed by atoms with Crippen molar-refractivity contribution in [2.24, 2.45) is 5.92 Å². The molecule has 114 valence electrons. The molecule has 2 aliphatic rings. The largest absolute Gasteiger partial charge is 0.490 e. The van der Waals surface area contributed by atoms with Gasteiger partial charge in [0.15, 0.2) is 0 Å². The Kier molecular flexibility index (Phi) is 3.51. The number of piperidine rings is 1. The predicted octanol–water partition coefficient (Wildman–Crippen LogP) is 2.86. The maximum absolute atomic E-state index is 12.2. The maximum Gasteiger partial charge on any atom is 0.410 e. The van der Waals surface area contributed by atoms with E-state index in [1.807, 2.05) is 37.8 Å². The van der Waals surface area contributed by atoms with Crippen molar-refractivity contribution >= 4 is 6.09 Å². The van der Waals surface area contributed by atoms with Gasteiger partial charge >= 0.3 is 6.09 Å². The van der Waals surface area contributed by atoms with E-state index in [0.717, 1.165) is 25.1 Å². The lowest BCUT2D eigenvalue weighted by Crippen LogP contribution is -2.45. The van der Waals surface area contributed by atoms with Crippen LogP contribution < -0.4 is 4.74 Å². The average Bonchev–Trinajstić information content (AvgIpc) is 2.97. The van der Waals surface area contributed by atoms with Crippen molar-refractivity contribution in [1.29, 1.82) is 0 Å². The molecule has 3 rings (SSSR count). The second kappa shape index (κ2) is 5.20. The molecule has 5 heteroatoms. The molecule has 2 heterocycles. The van der Waals surface area contributed by atoms with Crippen LogP contribution in [-0.2, 0) is 4.74 Å². The third kappa shape index (κ3) is 3.12. The Morgan fingerprint density at radius 2 is 2.00 bits per heavy atom. The third-order valence-corrected chi connectivity index (χ3v) is 4.04. The van der Waals surface area contributed by atoms with Crippen LogP contribution in [0.5, 0.6) is 5.75 Å². The van der Waals surface area contributed by atoms with Crippen LogP contribution in [-0.4, -0.2) is 40.3 Å². The van der Waals surface area contributed by atoms with Gasteiger partial charge < -0.3 is 14.4 Å². The number of ether oxygens (including phenoxy) is 2. The van der Waals surface area contributed by atoms with E-state index in [0.29, 0.717) is 5.92 Å². The molecule has 5 nitrogen and oxygen atoms in total. The van der Waals surface area contributed by atoms with E-state index >= 15 is 0 Å². The monoisotopic (exact) mass is 290 g/mol. The second-order valence-electron chi connectivity index (χ2n) is 6.86. The molecular formula is C16H22N2O3. The Morgan fingerprint density at radius 3 is 2.57 bits per heavy atom. The standard InChI is InChI=1S/C16H22N2O3/c1-16(2,3)21-15(19)18-10-11-8-12(18)9-14(11)20-13-4-6-17-7-5-13/h4-7,11-12,14H,8-10H2,1-3H3. The maximum atomic E-state index is 12.2. The Bertz CT molecular complexity index is 512. The first-order valence-electron chi connectivity index (χ1n) is 7.49. The molecule has 21 heavy (non-hydrogen) atoms. The van der Waals surface area contributed by atoms with Gasteiger partial charge in [0, 0.05) is 37.3 Å². The number of hydrogen-bond donors (Lipinski definition) is 0. The summed E-state index contributed by atoms with van der Waals surface area (Å²) in [5.74, 6) is 1.25. The van der Waals surface area contributed by atoms with Crippen molar-refractivity contribution in [3.8, 4) is 5.75 Å². The van der Waals surface area contributed by atoms with Gasteiger partial charge in [-0.3, -0.25) is 4.98 Å². The zero-order valence-electron chi connectivity index (χ0n) is 12.8. The SMILES string of the molecule is CC(C)(C)OC(=O)N1CC2CC1CC2Oc1ccncc1. The van der Waals surface area contributed by atoms with Gasteiger partial charge in [0.2, 0.25) is 0 Å². The molecule has 3 atom stereocenters. The zero-order valence-corrected chi connectivity index (χ0v) is 12.8. The fourth-order valence-corrected chi connectivity index (χ4v) is 3.19. The minimum atomic E-state index is -0.439. The van der Waals surface area contributed by atoms with E-state index in [9.17, 15) is 4.79 Å². The Balaban J connectivity index is 1.58. The molecule has 0 aromatic carbocycles. The molecule has 1 saturated carbocycles. The summed E-state index contributed by atoms with van der Waals surface area (Å²) in [4.78, 5) is 18.0. The van der Waals surface area contributed by atoms with Crippen molar-refractivity contribution in [2.75, 3.05) is 6.54 Å². The molecule has 1 aliphatic heterocycles. The summed E-state index contributed by atoms with van der Waals surface area (Å²) < 4.78 is 11.5. The lowest BCUT2D eigenvalue weighted by atomic mass is 10.1. The molecule has 1 aromatic heterocycles. The van der Waals surface area contributed by atoms with Crippen molar-refractivity contribution in [1.82, 2.24) is 9.88 Å². The minimum Gasteiger partial charge on any atom is -0.490 e. The van der Waals surface area contributed by atoms with Crippen LogP contribution in [0.1, 0.15) is 33.6 Å². The molecule has 1 aromatic rings. The molecule has 0 radical (unpaired) electrons. The smallest absolute Gasteiger partial charge is 0.410 e. The van der Waals surface area contributed by atoms with Crippen LogP contribution in [0, 0.1) is 5.92 Å². The highest BCUT2D eigenvalue weighted by atomic mass is 16.6. The molecule has 2 bridgehead atoms. The quantitative estimate of drug-likeness (QED) is 0.840. The first-order valence-corrected chi connectivity index (χ1v) is 7.49. The van der Waals surface area contributed by atoms with Gasteiger partial charge in [0.25, 0.3) is 0 Å².